The Balaban J connectivity index is 2.60. The van der Waals surface area contributed by atoms with E-state index in [4.69, 9.17) is 16.9 Å². The van der Waals surface area contributed by atoms with Gasteiger partial charge in [-0.05, 0) is 31.5 Å². The van der Waals surface area contributed by atoms with Gasteiger partial charge in [0.05, 0.1) is 11.1 Å². The van der Waals surface area contributed by atoms with E-state index in [0.29, 0.717) is 11.3 Å². The first-order valence-electron chi connectivity index (χ1n) is 6.61. The van der Waals surface area contributed by atoms with E-state index in [1.54, 1.807) is 26.0 Å². The van der Waals surface area contributed by atoms with Crippen LogP contribution in [0.15, 0.2) is 28.1 Å². The molecule has 8 nitrogen and oxygen atoms in total. The summed E-state index contributed by atoms with van der Waals surface area (Å²) in [7, 11) is 0. The fourth-order valence-electron chi connectivity index (χ4n) is 2.12. The van der Waals surface area contributed by atoms with Gasteiger partial charge in [-0.3, -0.25) is 14.9 Å². The molecule has 0 amide bonds. The van der Waals surface area contributed by atoms with Crippen molar-refractivity contribution in [1.29, 1.82) is 5.26 Å². The average Bonchev–Trinajstić information content (AvgIpc) is 2.49. The van der Waals surface area contributed by atoms with Gasteiger partial charge in [0.1, 0.15) is 11.6 Å². The van der Waals surface area contributed by atoms with E-state index in [2.05, 4.69) is 5.10 Å². The number of rotatable bonds is 3. The zero-order chi connectivity index (χ0) is 18.0. The maximum Gasteiger partial charge on any atom is 0.312 e. The monoisotopic (exact) mass is 346 g/mol. The second-order valence-electron chi connectivity index (χ2n) is 4.94. The molecular formula is C15H11ClN4O4. The number of aryl methyl sites for hydroxylation is 2. The first-order valence-corrected chi connectivity index (χ1v) is 6.98. The quantitative estimate of drug-likeness (QED) is 0.519. The van der Waals surface area contributed by atoms with Crippen LogP contribution in [0.5, 0.6) is 5.75 Å². The Morgan fingerprint density at radius 1 is 1.42 bits per heavy atom. The van der Waals surface area contributed by atoms with E-state index >= 15 is 0 Å². The summed E-state index contributed by atoms with van der Waals surface area (Å²) in [6, 6.07) is 5.69. The van der Waals surface area contributed by atoms with Gasteiger partial charge in [0.2, 0.25) is 5.75 Å². The van der Waals surface area contributed by atoms with Crippen molar-refractivity contribution in [3.05, 3.63) is 66.1 Å². The number of hydrogen-bond acceptors (Lipinski definition) is 6. The summed E-state index contributed by atoms with van der Waals surface area (Å²) < 4.78 is 0.970. The molecule has 9 heteroatoms. The Morgan fingerprint density at radius 2 is 2.08 bits per heavy atom. The molecule has 122 valence electrons. The van der Waals surface area contributed by atoms with Crippen LogP contribution >= 0.6 is 11.6 Å². The number of nitro benzene ring substituents is 1. The van der Waals surface area contributed by atoms with Crippen LogP contribution in [0.25, 0.3) is 0 Å². The summed E-state index contributed by atoms with van der Waals surface area (Å²) in [5.74, 6) is -0.619. The second kappa shape index (κ2) is 6.52. The predicted octanol–water partition coefficient (Wildman–Crippen LogP) is 2.49. The molecule has 24 heavy (non-hydrogen) atoms. The van der Waals surface area contributed by atoms with Crippen molar-refractivity contribution in [2.24, 2.45) is 5.10 Å². The Bertz CT molecular complexity index is 973. The van der Waals surface area contributed by atoms with Crippen LogP contribution < -0.4 is 5.56 Å². The molecular weight excluding hydrogens is 336 g/mol. The van der Waals surface area contributed by atoms with Gasteiger partial charge in [0.15, 0.2) is 0 Å². The number of nitrogens with zero attached hydrogens (tertiary/aromatic N) is 4. The molecule has 0 bridgehead atoms. The van der Waals surface area contributed by atoms with Crippen molar-refractivity contribution in [1.82, 2.24) is 4.68 Å². The highest BCUT2D eigenvalue weighted by Gasteiger charge is 2.18. The zero-order valence-corrected chi connectivity index (χ0v) is 13.4. The van der Waals surface area contributed by atoms with Gasteiger partial charge in [-0.2, -0.15) is 10.4 Å². The number of pyridine rings is 1. The minimum Gasteiger partial charge on any atom is -0.502 e. The van der Waals surface area contributed by atoms with Crippen LogP contribution in [0.4, 0.5) is 5.69 Å². The van der Waals surface area contributed by atoms with E-state index in [1.165, 1.54) is 6.07 Å². The molecule has 0 atom stereocenters. The molecule has 2 aromatic rings. The fourth-order valence-corrected chi connectivity index (χ4v) is 2.34. The molecule has 1 aromatic carbocycles. The number of aromatic nitrogens is 1. The second-order valence-corrected chi connectivity index (χ2v) is 5.37. The lowest BCUT2D eigenvalue weighted by atomic mass is 10.1. The van der Waals surface area contributed by atoms with Crippen LogP contribution in [0.3, 0.4) is 0 Å². The minimum absolute atomic E-state index is 0.0282. The van der Waals surface area contributed by atoms with Crippen molar-refractivity contribution in [2.75, 3.05) is 0 Å². The van der Waals surface area contributed by atoms with Crippen molar-refractivity contribution in [2.45, 2.75) is 13.8 Å². The Kier molecular flexibility index (Phi) is 4.66. The van der Waals surface area contributed by atoms with Gasteiger partial charge >= 0.3 is 5.69 Å². The number of phenolic OH excluding ortho intramolecular Hbond substituents is 1. The lowest BCUT2D eigenvalue weighted by Gasteiger charge is -2.06. The van der Waals surface area contributed by atoms with Crippen LogP contribution in [0, 0.1) is 35.3 Å². The number of hydrogen-bond donors (Lipinski definition) is 1. The molecule has 0 saturated heterocycles. The maximum absolute atomic E-state index is 12.2. The van der Waals surface area contributed by atoms with E-state index < -0.39 is 21.9 Å². The summed E-state index contributed by atoms with van der Waals surface area (Å²) in [4.78, 5) is 22.3. The molecule has 0 aliphatic carbocycles. The van der Waals surface area contributed by atoms with Gasteiger partial charge in [-0.15, -0.1) is 0 Å². The highest BCUT2D eigenvalue weighted by atomic mass is 35.5. The van der Waals surface area contributed by atoms with Crippen molar-refractivity contribution in [3.63, 3.8) is 0 Å². The van der Waals surface area contributed by atoms with E-state index in [9.17, 15) is 20.0 Å². The summed E-state index contributed by atoms with van der Waals surface area (Å²) in [6.45, 7) is 3.25. The first kappa shape index (κ1) is 17.2. The minimum atomic E-state index is -0.782. The molecule has 1 aromatic heterocycles. The van der Waals surface area contributed by atoms with Crippen LogP contribution in [-0.4, -0.2) is 20.9 Å². The molecule has 0 radical (unpaired) electrons. The van der Waals surface area contributed by atoms with Crippen molar-refractivity contribution >= 4 is 23.5 Å². The molecule has 0 unspecified atom stereocenters. The lowest BCUT2D eigenvalue weighted by Crippen LogP contribution is -2.22. The topological polar surface area (TPSA) is 122 Å². The molecule has 0 spiro atoms. The molecule has 0 saturated carbocycles. The number of halogens is 1. The average molecular weight is 347 g/mol. The van der Waals surface area contributed by atoms with Crippen molar-refractivity contribution < 1.29 is 10.0 Å². The SMILES string of the molecule is Cc1cc(C)n(/N=C/c2cc(Cl)cc([N+](=O)[O-])c2O)c(=O)c1C#N. The summed E-state index contributed by atoms with van der Waals surface area (Å²) >= 11 is 5.79. The van der Waals surface area contributed by atoms with Gasteiger partial charge < -0.3 is 5.11 Å². The number of benzene rings is 1. The molecule has 1 heterocycles. The number of nitriles is 1. The maximum atomic E-state index is 12.2. The van der Waals surface area contributed by atoms with Gasteiger partial charge in [0, 0.05) is 22.3 Å². The molecule has 0 aliphatic rings. The van der Waals surface area contributed by atoms with E-state index in [1.807, 2.05) is 0 Å². The highest BCUT2D eigenvalue weighted by Crippen LogP contribution is 2.32. The molecule has 0 fully saturated rings. The third-order valence-corrected chi connectivity index (χ3v) is 3.48. The standard InChI is InChI=1S/C15H11ClN4O4/c1-8-3-9(2)19(15(22)12(8)6-17)18-7-10-4-11(16)5-13(14(10)21)20(23)24/h3-5,7,21H,1-2H3/b18-7+. The van der Waals surface area contributed by atoms with Crippen LogP contribution in [0.1, 0.15) is 22.4 Å². The number of phenols is 1. The normalized spacial score (nSPS) is 10.8. The van der Waals surface area contributed by atoms with Gasteiger partial charge in [-0.1, -0.05) is 11.6 Å². The van der Waals surface area contributed by atoms with Crippen LogP contribution in [-0.2, 0) is 0 Å². The Labute approximate surface area is 141 Å². The third-order valence-electron chi connectivity index (χ3n) is 3.26. The van der Waals surface area contributed by atoms with E-state index in [0.717, 1.165) is 17.0 Å². The van der Waals surface area contributed by atoms with Gasteiger partial charge in [0.25, 0.3) is 5.56 Å². The van der Waals surface area contributed by atoms with E-state index in [-0.39, 0.29) is 16.1 Å². The van der Waals surface area contributed by atoms with Gasteiger partial charge in [-0.25, -0.2) is 4.68 Å². The highest BCUT2D eigenvalue weighted by molar-refractivity contribution is 6.31. The zero-order valence-electron chi connectivity index (χ0n) is 12.6. The molecule has 0 aliphatic heterocycles. The Morgan fingerprint density at radius 3 is 2.67 bits per heavy atom. The molecule has 1 N–H and O–H groups in total. The molecule has 2 rings (SSSR count). The largest absolute Gasteiger partial charge is 0.502 e. The lowest BCUT2D eigenvalue weighted by molar-refractivity contribution is -0.385. The fraction of sp³-hybridized carbons (Fsp3) is 0.133. The summed E-state index contributed by atoms with van der Waals surface area (Å²) in [5, 5.41) is 33.8. The smallest absolute Gasteiger partial charge is 0.312 e. The summed E-state index contributed by atoms with van der Waals surface area (Å²) in [6.07, 6.45) is 1.07. The van der Waals surface area contributed by atoms with Crippen molar-refractivity contribution in [3.8, 4) is 11.8 Å². The first-order chi connectivity index (χ1) is 11.3. The van der Waals surface area contributed by atoms with Crippen LogP contribution in [0.2, 0.25) is 5.02 Å². The number of nitro groups is 1. The third kappa shape index (κ3) is 3.11. The predicted molar refractivity (Wildman–Crippen MR) is 87.7 cm³/mol. The number of aromatic hydroxyl groups is 1. The summed E-state index contributed by atoms with van der Waals surface area (Å²) in [5.41, 5.74) is -0.299. The Hall–Kier alpha value is -3.18.